The van der Waals surface area contributed by atoms with Crippen molar-refractivity contribution in [1.29, 1.82) is 0 Å². The van der Waals surface area contributed by atoms with Crippen molar-refractivity contribution in [2.24, 2.45) is 0 Å². The normalized spacial score (nSPS) is 13.1. The van der Waals surface area contributed by atoms with Gasteiger partial charge in [-0.3, -0.25) is 9.59 Å². The molecule has 4 nitrogen and oxygen atoms in total. The van der Waals surface area contributed by atoms with Crippen LogP contribution in [0.2, 0.25) is 0 Å². The van der Waals surface area contributed by atoms with E-state index in [1.807, 2.05) is 0 Å². The molecule has 0 saturated heterocycles. The first kappa shape index (κ1) is 12.3. The van der Waals surface area contributed by atoms with Crippen molar-refractivity contribution < 1.29 is 14.0 Å². The highest BCUT2D eigenvalue weighted by molar-refractivity contribution is 6.09. The van der Waals surface area contributed by atoms with Crippen molar-refractivity contribution in [3.8, 4) is 0 Å². The minimum atomic E-state index is -0.708. The van der Waals surface area contributed by atoms with Crippen molar-refractivity contribution in [3.05, 3.63) is 75.3 Å². The Bertz CT molecular complexity index is 782. The molecular formula is C16H10O4. The molecule has 4 heteroatoms. The van der Waals surface area contributed by atoms with Gasteiger partial charge in [-0.05, 0) is 18.2 Å². The van der Waals surface area contributed by atoms with Crippen LogP contribution in [-0.2, 0) is 11.2 Å². The zero-order valence-corrected chi connectivity index (χ0v) is 10.5. The van der Waals surface area contributed by atoms with E-state index in [9.17, 15) is 14.4 Å². The first-order valence-corrected chi connectivity index (χ1v) is 6.13. The Morgan fingerprint density at radius 1 is 1.05 bits per heavy atom. The molecule has 0 unspecified atom stereocenters. The van der Waals surface area contributed by atoms with Crippen molar-refractivity contribution in [2.45, 2.75) is 6.42 Å². The van der Waals surface area contributed by atoms with E-state index in [1.54, 1.807) is 36.4 Å². The number of allylic oxidation sites excluding steroid dienone is 1. The Morgan fingerprint density at radius 2 is 1.80 bits per heavy atom. The van der Waals surface area contributed by atoms with E-state index >= 15 is 0 Å². The van der Waals surface area contributed by atoms with E-state index in [0.717, 1.165) is 0 Å². The van der Waals surface area contributed by atoms with E-state index in [4.69, 9.17) is 4.42 Å². The Kier molecular flexibility index (Phi) is 2.91. The second-order valence-corrected chi connectivity index (χ2v) is 4.50. The fourth-order valence-corrected chi connectivity index (χ4v) is 2.10. The summed E-state index contributed by atoms with van der Waals surface area (Å²) < 4.78 is 5.10. The average Bonchev–Trinajstić information content (AvgIpc) is 2.46. The lowest BCUT2D eigenvalue weighted by Gasteiger charge is -2.09. The minimum Gasteiger partial charge on any atom is -0.426 e. The molecule has 0 amide bonds. The molecule has 0 fully saturated rings. The average molecular weight is 266 g/mol. The second kappa shape index (κ2) is 4.74. The van der Waals surface area contributed by atoms with Crippen LogP contribution in [0.15, 0.2) is 51.7 Å². The van der Waals surface area contributed by atoms with Crippen LogP contribution in [0, 0.1) is 0 Å². The number of ketones is 2. The lowest BCUT2D eigenvalue weighted by atomic mass is 9.99. The maximum Gasteiger partial charge on any atom is 0.347 e. The van der Waals surface area contributed by atoms with E-state index in [2.05, 4.69) is 0 Å². The molecule has 2 aromatic rings. The lowest BCUT2D eigenvalue weighted by Crippen LogP contribution is -2.18. The van der Waals surface area contributed by atoms with Gasteiger partial charge in [-0.15, -0.1) is 0 Å². The van der Waals surface area contributed by atoms with Crippen LogP contribution in [0.3, 0.4) is 0 Å². The van der Waals surface area contributed by atoms with Crippen LogP contribution in [0.1, 0.15) is 27.2 Å². The molecule has 0 radical (unpaired) electrons. The molecule has 0 N–H and O–H groups in total. The predicted octanol–water partition coefficient (Wildman–Crippen LogP) is 2.01. The first-order valence-electron chi connectivity index (χ1n) is 6.13. The summed E-state index contributed by atoms with van der Waals surface area (Å²) in [5.74, 6) is -0.192. The molecule has 1 aliphatic carbocycles. The Labute approximate surface area is 114 Å². The van der Waals surface area contributed by atoms with Gasteiger partial charge in [0.25, 0.3) is 0 Å². The summed E-state index contributed by atoms with van der Waals surface area (Å²) in [7, 11) is 0. The molecule has 0 bridgehead atoms. The smallest absolute Gasteiger partial charge is 0.347 e. The zero-order valence-electron chi connectivity index (χ0n) is 10.5. The lowest BCUT2D eigenvalue weighted by molar-refractivity contribution is -0.114. The summed E-state index contributed by atoms with van der Waals surface area (Å²) in [6, 6.07) is 10.0. The van der Waals surface area contributed by atoms with E-state index in [1.165, 1.54) is 12.1 Å². The van der Waals surface area contributed by atoms with Crippen molar-refractivity contribution in [2.75, 3.05) is 0 Å². The van der Waals surface area contributed by atoms with E-state index in [0.29, 0.717) is 16.9 Å². The van der Waals surface area contributed by atoms with E-state index < -0.39 is 5.63 Å². The highest BCUT2D eigenvalue weighted by Gasteiger charge is 2.20. The third-order valence-electron chi connectivity index (χ3n) is 3.12. The second-order valence-electron chi connectivity index (χ2n) is 4.50. The maximum absolute atomic E-state index is 12.3. The SMILES string of the molecule is O=C1C=Cc2cc(C(=O)c3ccccc3)c(=O)oc2C1. The maximum atomic E-state index is 12.3. The molecule has 0 atom stereocenters. The molecule has 98 valence electrons. The van der Waals surface area contributed by atoms with Gasteiger partial charge in [0, 0.05) is 11.1 Å². The number of benzene rings is 1. The summed E-state index contributed by atoms with van der Waals surface area (Å²) >= 11 is 0. The minimum absolute atomic E-state index is 0.0195. The van der Waals surface area contributed by atoms with Gasteiger partial charge < -0.3 is 4.42 Å². The molecule has 1 aliphatic rings. The van der Waals surface area contributed by atoms with Crippen molar-refractivity contribution in [3.63, 3.8) is 0 Å². The molecule has 20 heavy (non-hydrogen) atoms. The number of fused-ring (bicyclic) bond motifs is 1. The van der Waals surface area contributed by atoms with Gasteiger partial charge in [0.15, 0.2) is 11.6 Å². The summed E-state index contributed by atoms with van der Waals surface area (Å²) in [5, 5.41) is 0. The van der Waals surface area contributed by atoms with Crippen LogP contribution >= 0.6 is 0 Å². The number of hydrogen-bond donors (Lipinski definition) is 0. The third kappa shape index (κ3) is 2.12. The van der Waals surface area contributed by atoms with Crippen LogP contribution in [0.5, 0.6) is 0 Å². The number of hydrogen-bond acceptors (Lipinski definition) is 4. The van der Waals surface area contributed by atoms with Gasteiger partial charge in [-0.2, -0.15) is 0 Å². The fourth-order valence-electron chi connectivity index (χ4n) is 2.10. The summed E-state index contributed by atoms with van der Waals surface area (Å²) in [6.45, 7) is 0. The monoisotopic (exact) mass is 266 g/mol. The van der Waals surface area contributed by atoms with Gasteiger partial charge in [-0.25, -0.2) is 4.79 Å². The Morgan fingerprint density at radius 3 is 2.55 bits per heavy atom. The number of carbonyl (C=O) groups is 2. The predicted molar refractivity (Wildman–Crippen MR) is 72.6 cm³/mol. The summed E-state index contributed by atoms with van der Waals surface area (Å²) in [4.78, 5) is 35.4. The van der Waals surface area contributed by atoms with Crippen LogP contribution in [0.4, 0.5) is 0 Å². The zero-order chi connectivity index (χ0) is 14.1. The highest BCUT2D eigenvalue weighted by atomic mass is 16.4. The molecular weight excluding hydrogens is 256 g/mol. The third-order valence-corrected chi connectivity index (χ3v) is 3.12. The fraction of sp³-hybridized carbons (Fsp3) is 0.0625. The molecule has 0 saturated carbocycles. The molecule has 1 aromatic heterocycles. The van der Waals surface area contributed by atoms with Gasteiger partial charge in [-0.1, -0.05) is 30.3 Å². The first-order chi connectivity index (χ1) is 9.65. The molecule has 1 aromatic carbocycles. The topological polar surface area (TPSA) is 64.3 Å². The van der Waals surface area contributed by atoms with Gasteiger partial charge in [0.05, 0.1) is 6.42 Å². The van der Waals surface area contributed by atoms with Crippen molar-refractivity contribution in [1.82, 2.24) is 0 Å². The standard InChI is InChI=1S/C16H10O4/c17-12-7-6-11-8-13(16(19)20-14(11)9-12)15(18)10-4-2-1-3-5-10/h1-8H,9H2. The quantitative estimate of drug-likeness (QED) is 0.780. The number of carbonyl (C=O) groups excluding carboxylic acids is 2. The van der Waals surface area contributed by atoms with Crippen LogP contribution < -0.4 is 5.63 Å². The van der Waals surface area contributed by atoms with Crippen LogP contribution in [-0.4, -0.2) is 11.6 Å². The molecule has 3 rings (SSSR count). The van der Waals surface area contributed by atoms with E-state index in [-0.39, 0.29) is 23.6 Å². The molecule has 0 aliphatic heterocycles. The largest absolute Gasteiger partial charge is 0.426 e. The van der Waals surface area contributed by atoms with Crippen molar-refractivity contribution >= 4 is 17.6 Å². The Hall–Kier alpha value is -2.75. The molecule has 1 heterocycles. The highest BCUT2D eigenvalue weighted by Crippen LogP contribution is 2.18. The molecule has 0 spiro atoms. The van der Waals surface area contributed by atoms with Gasteiger partial charge in [0.1, 0.15) is 11.3 Å². The number of rotatable bonds is 2. The van der Waals surface area contributed by atoms with Gasteiger partial charge in [0.2, 0.25) is 0 Å². The summed E-state index contributed by atoms with van der Waals surface area (Å²) in [5.41, 5.74) is 0.300. The van der Waals surface area contributed by atoms with Gasteiger partial charge >= 0.3 is 5.63 Å². The summed E-state index contributed by atoms with van der Waals surface area (Å²) in [6.07, 6.45) is 3.03. The Balaban J connectivity index is 2.09. The van der Waals surface area contributed by atoms with Crippen LogP contribution in [0.25, 0.3) is 6.08 Å².